The summed E-state index contributed by atoms with van der Waals surface area (Å²) in [7, 11) is 3.20. The lowest BCUT2D eigenvalue weighted by atomic mass is 9.86. The van der Waals surface area contributed by atoms with Gasteiger partial charge in [-0.15, -0.1) is 0 Å². The summed E-state index contributed by atoms with van der Waals surface area (Å²) < 4.78 is 10.5. The molecule has 1 aromatic rings. The molecule has 102 valence electrons. The molecule has 0 radical (unpaired) electrons. The minimum absolute atomic E-state index is 0.145. The van der Waals surface area contributed by atoms with E-state index in [0.29, 0.717) is 0 Å². The zero-order chi connectivity index (χ0) is 13.8. The van der Waals surface area contributed by atoms with Crippen molar-refractivity contribution in [3.8, 4) is 0 Å². The van der Waals surface area contributed by atoms with E-state index in [1.54, 1.807) is 14.2 Å². The van der Waals surface area contributed by atoms with Crippen molar-refractivity contribution in [2.45, 2.75) is 38.5 Å². The van der Waals surface area contributed by atoms with Gasteiger partial charge in [-0.3, -0.25) is 5.84 Å². The maximum absolute atomic E-state index is 5.57. The number of rotatable bonds is 5. The molecule has 0 aliphatic rings. The average Bonchev–Trinajstić information content (AvgIpc) is 2.35. The van der Waals surface area contributed by atoms with E-state index in [2.05, 4.69) is 50.5 Å². The fraction of sp³-hybridized carbons (Fsp3) is 0.571. The summed E-state index contributed by atoms with van der Waals surface area (Å²) in [6.07, 6.45) is -0.407. The Morgan fingerprint density at radius 2 is 1.56 bits per heavy atom. The van der Waals surface area contributed by atoms with Gasteiger partial charge in [0, 0.05) is 14.2 Å². The zero-order valence-corrected chi connectivity index (χ0v) is 11.9. The van der Waals surface area contributed by atoms with Gasteiger partial charge in [-0.1, -0.05) is 45.0 Å². The summed E-state index contributed by atoms with van der Waals surface area (Å²) in [4.78, 5) is 0. The third kappa shape index (κ3) is 3.53. The van der Waals surface area contributed by atoms with Crippen molar-refractivity contribution in [2.24, 2.45) is 5.84 Å². The number of ether oxygens (including phenoxy) is 2. The molecule has 3 N–H and O–H groups in total. The monoisotopic (exact) mass is 252 g/mol. The van der Waals surface area contributed by atoms with Crippen molar-refractivity contribution in [3.05, 3.63) is 35.4 Å². The van der Waals surface area contributed by atoms with Gasteiger partial charge in [0.25, 0.3) is 0 Å². The van der Waals surface area contributed by atoms with Crippen LogP contribution < -0.4 is 11.3 Å². The van der Waals surface area contributed by atoms with Crippen LogP contribution in [0.2, 0.25) is 0 Å². The number of methoxy groups -OCH3 is 2. The summed E-state index contributed by atoms with van der Waals surface area (Å²) >= 11 is 0. The van der Waals surface area contributed by atoms with E-state index in [1.165, 1.54) is 5.56 Å². The van der Waals surface area contributed by atoms with Gasteiger partial charge in [0.15, 0.2) is 6.29 Å². The SMILES string of the molecule is COC(OC)C(NN)c1ccc(C(C)(C)C)cc1. The van der Waals surface area contributed by atoms with E-state index in [1.807, 2.05) is 0 Å². The Morgan fingerprint density at radius 3 is 1.89 bits per heavy atom. The van der Waals surface area contributed by atoms with Crippen LogP contribution in [0.15, 0.2) is 24.3 Å². The Bertz CT molecular complexity index is 353. The van der Waals surface area contributed by atoms with Crippen LogP contribution in [-0.2, 0) is 14.9 Å². The van der Waals surface area contributed by atoms with Crippen LogP contribution in [0.3, 0.4) is 0 Å². The van der Waals surface area contributed by atoms with Gasteiger partial charge in [-0.25, -0.2) is 5.43 Å². The lowest BCUT2D eigenvalue weighted by Crippen LogP contribution is -2.38. The molecule has 4 heteroatoms. The summed E-state index contributed by atoms with van der Waals surface area (Å²) in [6.45, 7) is 6.56. The molecule has 4 nitrogen and oxygen atoms in total. The largest absolute Gasteiger partial charge is 0.354 e. The molecule has 0 saturated heterocycles. The van der Waals surface area contributed by atoms with Gasteiger partial charge in [0.1, 0.15) is 0 Å². The van der Waals surface area contributed by atoms with E-state index in [9.17, 15) is 0 Å². The van der Waals surface area contributed by atoms with E-state index < -0.39 is 6.29 Å². The summed E-state index contributed by atoms with van der Waals surface area (Å²) in [5, 5.41) is 0. The molecule has 0 bridgehead atoms. The first-order chi connectivity index (χ1) is 8.43. The summed E-state index contributed by atoms with van der Waals surface area (Å²) in [6, 6.07) is 8.14. The first-order valence-corrected chi connectivity index (χ1v) is 6.06. The normalized spacial score (nSPS) is 13.9. The van der Waals surface area contributed by atoms with Crippen LogP contribution in [0.1, 0.15) is 37.9 Å². The lowest BCUT2D eigenvalue weighted by Gasteiger charge is -2.25. The van der Waals surface area contributed by atoms with Gasteiger partial charge in [-0.2, -0.15) is 0 Å². The Balaban J connectivity index is 2.95. The Hall–Kier alpha value is -0.940. The highest BCUT2D eigenvalue weighted by Gasteiger charge is 2.22. The maximum Gasteiger partial charge on any atom is 0.177 e. The fourth-order valence-electron chi connectivity index (χ4n) is 1.89. The predicted molar refractivity (Wildman–Crippen MR) is 73.0 cm³/mol. The standard InChI is InChI=1S/C14H24N2O2/c1-14(2,3)11-8-6-10(7-9-11)12(16-15)13(17-4)18-5/h6-9,12-13,16H,15H2,1-5H3. The second kappa shape index (κ2) is 6.29. The third-order valence-electron chi connectivity index (χ3n) is 3.05. The zero-order valence-electron chi connectivity index (χ0n) is 11.9. The van der Waals surface area contributed by atoms with Crippen LogP contribution in [0.25, 0.3) is 0 Å². The third-order valence-corrected chi connectivity index (χ3v) is 3.05. The van der Waals surface area contributed by atoms with Gasteiger partial charge in [0.05, 0.1) is 6.04 Å². The second-order valence-electron chi connectivity index (χ2n) is 5.36. The van der Waals surface area contributed by atoms with Crippen LogP contribution >= 0.6 is 0 Å². The highest BCUT2D eigenvalue weighted by atomic mass is 16.7. The number of nitrogens with one attached hydrogen (secondary N) is 1. The minimum atomic E-state index is -0.407. The second-order valence-corrected chi connectivity index (χ2v) is 5.36. The fourth-order valence-corrected chi connectivity index (χ4v) is 1.89. The van der Waals surface area contributed by atoms with Crippen molar-refractivity contribution in [2.75, 3.05) is 14.2 Å². The van der Waals surface area contributed by atoms with E-state index in [-0.39, 0.29) is 11.5 Å². The molecule has 0 aliphatic carbocycles. The van der Waals surface area contributed by atoms with Gasteiger partial charge < -0.3 is 9.47 Å². The number of nitrogens with two attached hydrogens (primary N) is 1. The molecule has 0 spiro atoms. The molecule has 1 aromatic carbocycles. The van der Waals surface area contributed by atoms with Crippen molar-refractivity contribution in [1.29, 1.82) is 0 Å². The summed E-state index contributed by atoms with van der Waals surface area (Å²) in [5.74, 6) is 5.57. The Morgan fingerprint density at radius 1 is 1.06 bits per heavy atom. The highest BCUT2D eigenvalue weighted by molar-refractivity contribution is 5.29. The molecule has 0 saturated carbocycles. The molecular formula is C14H24N2O2. The van der Waals surface area contributed by atoms with Gasteiger partial charge >= 0.3 is 0 Å². The van der Waals surface area contributed by atoms with E-state index in [0.717, 1.165) is 5.56 Å². The molecule has 0 heterocycles. The first kappa shape index (κ1) is 15.1. The van der Waals surface area contributed by atoms with E-state index >= 15 is 0 Å². The molecule has 1 unspecified atom stereocenters. The lowest BCUT2D eigenvalue weighted by molar-refractivity contribution is -0.124. The minimum Gasteiger partial charge on any atom is -0.354 e. The van der Waals surface area contributed by atoms with Crippen LogP contribution in [-0.4, -0.2) is 20.5 Å². The number of hydrazine groups is 1. The molecule has 0 amide bonds. The topological polar surface area (TPSA) is 56.5 Å². The number of hydrogen-bond donors (Lipinski definition) is 2. The summed E-state index contributed by atoms with van der Waals surface area (Å²) in [5.41, 5.74) is 5.20. The molecule has 18 heavy (non-hydrogen) atoms. The number of benzene rings is 1. The first-order valence-electron chi connectivity index (χ1n) is 6.06. The molecule has 0 fully saturated rings. The van der Waals surface area contributed by atoms with E-state index in [4.69, 9.17) is 15.3 Å². The highest BCUT2D eigenvalue weighted by Crippen LogP contribution is 2.25. The van der Waals surface area contributed by atoms with Crippen LogP contribution in [0.5, 0.6) is 0 Å². The molecular weight excluding hydrogens is 228 g/mol. The molecule has 1 rings (SSSR count). The molecule has 0 aliphatic heterocycles. The molecule has 0 aromatic heterocycles. The maximum atomic E-state index is 5.57. The van der Waals surface area contributed by atoms with Gasteiger partial charge in [0.2, 0.25) is 0 Å². The predicted octanol–water partition coefficient (Wildman–Crippen LogP) is 2.11. The molecule has 1 atom stereocenters. The van der Waals surface area contributed by atoms with Crippen LogP contribution in [0, 0.1) is 0 Å². The number of hydrogen-bond acceptors (Lipinski definition) is 4. The quantitative estimate of drug-likeness (QED) is 0.479. The van der Waals surface area contributed by atoms with Crippen molar-refractivity contribution >= 4 is 0 Å². The Labute approximate surface area is 109 Å². The van der Waals surface area contributed by atoms with Crippen molar-refractivity contribution in [1.82, 2.24) is 5.43 Å². The van der Waals surface area contributed by atoms with Crippen molar-refractivity contribution < 1.29 is 9.47 Å². The van der Waals surface area contributed by atoms with Crippen LogP contribution in [0.4, 0.5) is 0 Å². The Kier molecular flexibility index (Phi) is 5.28. The average molecular weight is 252 g/mol. The van der Waals surface area contributed by atoms with Crippen molar-refractivity contribution in [3.63, 3.8) is 0 Å². The van der Waals surface area contributed by atoms with Gasteiger partial charge in [-0.05, 0) is 16.5 Å². The smallest absolute Gasteiger partial charge is 0.177 e.